The number of aromatic nitrogens is 2. The summed E-state index contributed by atoms with van der Waals surface area (Å²) in [4.78, 5) is 0. The van der Waals surface area contributed by atoms with Gasteiger partial charge in [0.15, 0.2) is 0 Å². The van der Waals surface area contributed by atoms with Crippen molar-refractivity contribution in [2.75, 3.05) is 18.6 Å². The summed E-state index contributed by atoms with van der Waals surface area (Å²) in [7, 11) is 4.10. The van der Waals surface area contributed by atoms with Crippen LogP contribution in [0, 0.1) is 5.92 Å². The maximum atomic E-state index is 4.70. The molecule has 0 spiro atoms. The van der Waals surface area contributed by atoms with E-state index in [-0.39, 0.29) is 0 Å². The van der Waals surface area contributed by atoms with E-state index < -0.39 is 0 Å². The summed E-state index contributed by atoms with van der Waals surface area (Å²) >= 11 is 2.05. The number of nitrogens with zero attached hydrogens (tertiary/aromatic N) is 2. The van der Waals surface area contributed by atoms with E-state index in [0.717, 1.165) is 6.42 Å². The van der Waals surface area contributed by atoms with Crippen molar-refractivity contribution in [3.63, 3.8) is 0 Å². The molecule has 0 radical (unpaired) electrons. The molecule has 1 aromatic heterocycles. The minimum absolute atomic E-state index is 0.635. The third-order valence-electron chi connectivity index (χ3n) is 3.86. The summed E-state index contributed by atoms with van der Waals surface area (Å²) < 4.78 is 2.00. The Hall–Kier alpha value is -1.00. The molecule has 1 N–H and O–H groups in total. The second-order valence-corrected chi connectivity index (χ2v) is 6.06. The highest BCUT2D eigenvalue weighted by Gasteiger charge is 2.27. The Morgan fingerprint density at radius 1 is 1.39 bits per heavy atom. The van der Waals surface area contributed by atoms with E-state index >= 15 is 0 Å². The Morgan fingerprint density at radius 3 is 3.06 bits per heavy atom. The predicted octanol–water partition coefficient (Wildman–Crippen LogP) is 2.07. The second kappa shape index (κ2) is 4.94. The van der Waals surface area contributed by atoms with E-state index in [4.69, 9.17) is 5.10 Å². The van der Waals surface area contributed by atoms with Crippen molar-refractivity contribution in [1.82, 2.24) is 15.1 Å². The predicted molar refractivity (Wildman–Crippen MR) is 78.1 cm³/mol. The summed E-state index contributed by atoms with van der Waals surface area (Å²) in [6, 6.07) is 9.15. The minimum Gasteiger partial charge on any atom is -0.316 e. The van der Waals surface area contributed by atoms with Gasteiger partial charge in [-0.15, -0.1) is 0 Å². The first-order valence-corrected chi connectivity index (χ1v) is 7.60. The summed E-state index contributed by atoms with van der Waals surface area (Å²) in [5.74, 6) is 3.18. The van der Waals surface area contributed by atoms with Gasteiger partial charge in [0.1, 0.15) is 0 Å². The molecule has 2 heterocycles. The summed E-state index contributed by atoms with van der Waals surface area (Å²) in [6.45, 7) is 0. The van der Waals surface area contributed by atoms with E-state index in [1.54, 1.807) is 0 Å². The number of hydrogen-bond donors (Lipinski definition) is 1. The lowest BCUT2D eigenvalue weighted by Crippen LogP contribution is -2.33. The van der Waals surface area contributed by atoms with E-state index in [1.807, 2.05) is 23.5 Å². The molecular formula is C14H19N3S. The van der Waals surface area contributed by atoms with E-state index in [1.165, 1.54) is 28.1 Å². The highest BCUT2D eigenvalue weighted by atomic mass is 32.2. The van der Waals surface area contributed by atoms with Crippen LogP contribution in [-0.2, 0) is 13.5 Å². The zero-order valence-corrected chi connectivity index (χ0v) is 11.7. The number of hydrogen-bond acceptors (Lipinski definition) is 3. The normalized spacial score (nSPS) is 23.9. The number of nitrogens with one attached hydrogen (secondary N) is 1. The summed E-state index contributed by atoms with van der Waals surface area (Å²) in [5, 5.41) is 9.45. The topological polar surface area (TPSA) is 29.9 Å². The molecular weight excluding hydrogens is 242 g/mol. The molecule has 1 saturated heterocycles. The molecule has 3 nitrogen and oxygen atoms in total. The van der Waals surface area contributed by atoms with Crippen molar-refractivity contribution in [3.8, 4) is 0 Å². The molecule has 1 aliphatic heterocycles. The lowest BCUT2D eigenvalue weighted by Gasteiger charge is -2.16. The maximum absolute atomic E-state index is 4.70. The van der Waals surface area contributed by atoms with Crippen LogP contribution in [0.2, 0.25) is 0 Å². The van der Waals surface area contributed by atoms with Gasteiger partial charge in [0.2, 0.25) is 0 Å². The number of rotatable bonds is 3. The van der Waals surface area contributed by atoms with Gasteiger partial charge in [-0.1, -0.05) is 18.2 Å². The van der Waals surface area contributed by atoms with Gasteiger partial charge in [-0.25, -0.2) is 0 Å². The zero-order valence-electron chi connectivity index (χ0n) is 10.9. The zero-order chi connectivity index (χ0) is 12.5. The van der Waals surface area contributed by atoms with Crippen LogP contribution in [0.25, 0.3) is 10.9 Å². The summed E-state index contributed by atoms with van der Waals surface area (Å²) in [5.41, 5.74) is 2.49. The van der Waals surface area contributed by atoms with Crippen LogP contribution >= 0.6 is 11.8 Å². The standard InChI is InChI=1S/C14H19N3S/c1-15-13-9-18-8-10(13)7-12-11-5-3-4-6-14(11)17(2)16-12/h3-6,10,13,15H,7-9H2,1-2H3. The molecule has 0 amide bonds. The molecule has 1 aromatic carbocycles. The van der Waals surface area contributed by atoms with Crippen LogP contribution in [0.1, 0.15) is 5.69 Å². The molecule has 2 unspecified atom stereocenters. The van der Waals surface area contributed by atoms with Crippen LogP contribution in [0.3, 0.4) is 0 Å². The average Bonchev–Trinajstić information content (AvgIpc) is 2.96. The molecule has 2 aromatic rings. The Bertz CT molecular complexity index is 549. The molecule has 1 fully saturated rings. The number of benzene rings is 1. The van der Waals surface area contributed by atoms with Gasteiger partial charge in [0, 0.05) is 24.2 Å². The van der Waals surface area contributed by atoms with Crippen molar-refractivity contribution in [3.05, 3.63) is 30.0 Å². The van der Waals surface area contributed by atoms with Crippen LogP contribution in [0.5, 0.6) is 0 Å². The van der Waals surface area contributed by atoms with Crippen LogP contribution in [0.4, 0.5) is 0 Å². The molecule has 4 heteroatoms. The van der Waals surface area contributed by atoms with E-state index in [9.17, 15) is 0 Å². The third-order valence-corrected chi connectivity index (χ3v) is 5.12. The Balaban J connectivity index is 1.91. The largest absolute Gasteiger partial charge is 0.316 e. The fourth-order valence-electron chi connectivity index (χ4n) is 2.81. The molecule has 0 bridgehead atoms. The van der Waals surface area contributed by atoms with Crippen molar-refractivity contribution in [2.45, 2.75) is 12.5 Å². The molecule has 0 saturated carbocycles. The van der Waals surface area contributed by atoms with Crippen molar-refractivity contribution >= 4 is 22.7 Å². The molecule has 0 aliphatic carbocycles. The monoisotopic (exact) mass is 261 g/mol. The lowest BCUT2D eigenvalue weighted by atomic mass is 9.96. The Morgan fingerprint density at radius 2 is 2.22 bits per heavy atom. The van der Waals surface area contributed by atoms with Crippen molar-refractivity contribution < 1.29 is 0 Å². The van der Waals surface area contributed by atoms with Gasteiger partial charge in [-0.05, 0) is 31.2 Å². The third kappa shape index (κ3) is 2.04. The van der Waals surface area contributed by atoms with Gasteiger partial charge in [-0.3, -0.25) is 4.68 Å². The second-order valence-electron chi connectivity index (χ2n) is 4.98. The number of para-hydroxylation sites is 1. The average molecular weight is 261 g/mol. The smallest absolute Gasteiger partial charge is 0.0706 e. The lowest BCUT2D eigenvalue weighted by molar-refractivity contribution is 0.449. The van der Waals surface area contributed by atoms with E-state index in [0.29, 0.717) is 12.0 Å². The fraction of sp³-hybridized carbons (Fsp3) is 0.500. The molecule has 18 heavy (non-hydrogen) atoms. The number of fused-ring (bicyclic) bond motifs is 1. The van der Waals surface area contributed by atoms with Gasteiger partial charge in [0.05, 0.1) is 11.2 Å². The van der Waals surface area contributed by atoms with Crippen LogP contribution < -0.4 is 5.32 Å². The first-order valence-electron chi connectivity index (χ1n) is 6.45. The highest BCUT2D eigenvalue weighted by molar-refractivity contribution is 7.99. The first kappa shape index (κ1) is 12.1. The van der Waals surface area contributed by atoms with Gasteiger partial charge < -0.3 is 5.32 Å². The first-order chi connectivity index (χ1) is 8.79. The Labute approximate surface area is 112 Å². The molecule has 96 valence electrons. The van der Waals surface area contributed by atoms with E-state index in [2.05, 4.69) is 36.6 Å². The molecule has 3 rings (SSSR count). The molecule has 2 atom stereocenters. The molecule has 1 aliphatic rings. The van der Waals surface area contributed by atoms with Crippen LogP contribution in [-0.4, -0.2) is 34.4 Å². The Kier molecular flexibility index (Phi) is 3.31. The van der Waals surface area contributed by atoms with Gasteiger partial charge in [-0.2, -0.15) is 16.9 Å². The highest BCUT2D eigenvalue weighted by Crippen LogP contribution is 2.29. The number of thioether (sulfide) groups is 1. The minimum atomic E-state index is 0.635. The quantitative estimate of drug-likeness (QED) is 0.917. The maximum Gasteiger partial charge on any atom is 0.0706 e. The van der Waals surface area contributed by atoms with Crippen molar-refractivity contribution in [1.29, 1.82) is 0 Å². The summed E-state index contributed by atoms with van der Waals surface area (Å²) in [6.07, 6.45) is 1.08. The van der Waals surface area contributed by atoms with Gasteiger partial charge in [0.25, 0.3) is 0 Å². The van der Waals surface area contributed by atoms with Gasteiger partial charge >= 0.3 is 0 Å². The van der Waals surface area contributed by atoms with Crippen LogP contribution in [0.15, 0.2) is 24.3 Å². The number of aryl methyl sites for hydroxylation is 1. The SMILES string of the molecule is CNC1CSCC1Cc1nn(C)c2ccccc12. The van der Waals surface area contributed by atoms with Crippen molar-refractivity contribution in [2.24, 2.45) is 13.0 Å². The fourth-order valence-corrected chi connectivity index (χ4v) is 4.29.